The van der Waals surface area contributed by atoms with Gasteiger partial charge >= 0.3 is 0 Å². The van der Waals surface area contributed by atoms with Gasteiger partial charge in [-0.05, 0) is 50.1 Å². The highest BCUT2D eigenvalue weighted by Gasteiger charge is 2.18. The van der Waals surface area contributed by atoms with Crippen molar-refractivity contribution in [2.45, 2.75) is 39.8 Å². The molecular formula is C22H29NO5. The van der Waals surface area contributed by atoms with Gasteiger partial charge in [0.25, 0.3) is 5.91 Å². The molecule has 152 valence electrons. The minimum atomic E-state index is -0.582. The van der Waals surface area contributed by atoms with Crippen LogP contribution < -0.4 is 24.3 Å². The van der Waals surface area contributed by atoms with E-state index in [1.807, 2.05) is 51.1 Å². The van der Waals surface area contributed by atoms with Crippen molar-refractivity contribution >= 4 is 5.91 Å². The largest absolute Gasteiger partial charge is 0.497 e. The van der Waals surface area contributed by atoms with Gasteiger partial charge in [0.15, 0.2) is 17.6 Å². The zero-order chi connectivity index (χ0) is 20.4. The van der Waals surface area contributed by atoms with Gasteiger partial charge in [-0.15, -0.1) is 0 Å². The summed E-state index contributed by atoms with van der Waals surface area (Å²) in [6.45, 7) is 7.25. The molecule has 28 heavy (non-hydrogen) atoms. The summed E-state index contributed by atoms with van der Waals surface area (Å²) in [4.78, 5) is 12.6. The normalized spacial score (nSPS) is 11.4. The Labute approximate surface area is 166 Å². The molecule has 0 bridgehead atoms. The lowest BCUT2D eigenvalue weighted by molar-refractivity contribution is -0.128. The van der Waals surface area contributed by atoms with Crippen molar-refractivity contribution in [3.8, 4) is 23.0 Å². The summed E-state index contributed by atoms with van der Waals surface area (Å²) in [6, 6.07) is 12.9. The summed E-state index contributed by atoms with van der Waals surface area (Å²) in [7, 11) is 1.59. The number of ether oxygens (including phenoxy) is 4. The van der Waals surface area contributed by atoms with Crippen LogP contribution in [0.25, 0.3) is 0 Å². The van der Waals surface area contributed by atoms with E-state index in [2.05, 4.69) is 5.32 Å². The molecule has 6 heteroatoms. The maximum atomic E-state index is 12.6. The fourth-order valence-electron chi connectivity index (χ4n) is 2.67. The molecule has 1 N–H and O–H groups in total. The molecular weight excluding hydrogens is 358 g/mol. The average molecular weight is 387 g/mol. The summed E-state index contributed by atoms with van der Waals surface area (Å²) in [5.74, 6) is 2.49. The second-order valence-electron chi connectivity index (χ2n) is 6.06. The molecule has 0 saturated carbocycles. The van der Waals surface area contributed by atoms with Crippen molar-refractivity contribution in [1.82, 2.24) is 5.32 Å². The van der Waals surface area contributed by atoms with E-state index in [0.717, 1.165) is 5.56 Å². The maximum Gasteiger partial charge on any atom is 0.261 e. The van der Waals surface area contributed by atoms with Crippen LogP contribution in [0.5, 0.6) is 23.0 Å². The van der Waals surface area contributed by atoms with Crippen molar-refractivity contribution in [2.75, 3.05) is 20.3 Å². The molecule has 0 aliphatic rings. The first-order chi connectivity index (χ1) is 13.6. The number of rotatable bonds is 11. The molecule has 6 nitrogen and oxygen atoms in total. The van der Waals surface area contributed by atoms with E-state index >= 15 is 0 Å². The Morgan fingerprint density at radius 3 is 2.36 bits per heavy atom. The van der Waals surface area contributed by atoms with Gasteiger partial charge in [-0.1, -0.05) is 19.1 Å². The molecule has 0 aromatic heterocycles. The average Bonchev–Trinajstić information content (AvgIpc) is 2.72. The van der Waals surface area contributed by atoms with Crippen LogP contribution in [0.2, 0.25) is 0 Å². The Morgan fingerprint density at radius 1 is 0.964 bits per heavy atom. The SMILES string of the molecule is CCOc1ccc(CNC(=O)[C@H](CC)Oc2cccc(OC)c2)cc1OCC. The van der Waals surface area contributed by atoms with E-state index in [1.54, 1.807) is 19.2 Å². The van der Waals surface area contributed by atoms with Gasteiger partial charge in [0.1, 0.15) is 11.5 Å². The quantitative estimate of drug-likeness (QED) is 0.632. The molecule has 1 atom stereocenters. The third kappa shape index (κ3) is 6.08. The summed E-state index contributed by atoms with van der Waals surface area (Å²) in [6.07, 6.45) is -0.0302. The number of methoxy groups -OCH3 is 1. The molecule has 0 heterocycles. The first kappa shape index (κ1) is 21.4. The van der Waals surface area contributed by atoms with Crippen molar-refractivity contribution in [1.29, 1.82) is 0 Å². The van der Waals surface area contributed by atoms with Gasteiger partial charge in [0, 0.05) is 12.6 Å². The summed E-state index contributed by atoms with van der Waals surface area (Å²) in [5, 5.41) is 2.93. The molecule has 0 radical (unpaired) electrons. The van der Waals surface area contributed by atoms with Crippen LogP contribution >= 0.6 is 0 Å². The Hall–Kier alpha value is -2.89. The second-order valence-corrected chi connectivity index (χ2v) is 6.06. The van der Waals surface area contributed by atoms with Crippen LogP contribution in [-0.2, 0) is 11.3 Å². The first-order valence-electron chi connectivity index (χ1n) is 9.58. The Bertz CT molecular complexity index is 762. The van der Waals surface area contributed by atoms with E-state index in [1.165, 1.54) is 0 Å². The van der Waals surface area contributed by atoms with E-state index in [-0.39, 0.29) is 5.91 Å². The van der Waals surface area contributed by atoms with Crippen molar-refractivity contribution < 1.29 is 23.7 Å². The highest BCUT2D eigenvalue weighted by Crippen LogP contribution is 2.28. The summed E-state index contributed by atoms with van der Waals surface area (Å²) >= 11 is 0. The zero-order valence-corrected chi connectivity index (χ0v) is 17.0. The number of benzene rings is 2. The molecule has 2 rings (SSSR count). The van der Waals surface area contributed by atoms with Crippen LogP contribution in [0.15, 0.2) is 42.5 Å². The van der Waals surface area contributed by atoms with Gasteiger partial charge < -0.3 is 24.3 Å². The smallest absolute Gasteiger partial charge is 0.261 e. The standard InChI is InChI=1S/C22H29NO5/c1-5-19(28-18-10-8-9-17(14-18)25-4)22(24)23-15-16-11-12-20(26-6-2)21(13-16)27-7-3/h8-14,19H,5-7,15H2,1-4H3,(H,23,24)/t19-/m0/s1. The molecule has 1 amide bonds. The molecule has 0 aliphatic heterocycles. The lowest BCUT2D eigenvalue weighted by Gasteiger charge is -2.18. The highest BCUT2D eigenvalue weighted by atomic mass is 16.5. The van der Waals surface area contributed by atoms with Gasteiger partial charge in [-0.25, -0.2) is 0 Å². The fourth-order valence-corrected chi connectivity index (χ4v) is 2.67. The van der Waals surface area contributed by atoms with Crippen LogP contribution in [-0.4, -0.2) is 32.3 Å². The lowest BCUT2D eigenvalue weighted by Crippen LogP contribution is -2.37. The van der Waals surface area contributed by atoms with Crippen molar-refractivity contribution in [2.24, 2.45) is 0 Å². The van der Waals surface area contributed by atoms with Crippen LogP contribution in [0, 0.1) is 0 Å². The third-order valence-corrected chi connectivity index (χ3v) is 4.06. The number of carbonyl (C=O) groups is 1. The van der Waals surface area contributed by atoms with E-state index < -0.39 is 6.10 Å². The number of amides is 1. The molecule has 2 aromatic carbocycles. The van der Waals surface area contributed by atoms with Gasteiger partial charge in [-0.2, -0.15) is 0 Å². The lowest BCUT2D eigenvalue weighted by atomic mass is 10.2. The Morgan fingerprint density at radius 2 is 1.68 bits per heavy atom. The maximum absolute atomic E-state index is 12.6. The topological polar surface area (TPSA) is 66.0 Å². The van der Waals surface area contributed by atoms with E-state index in [9.17, 15) is 4.79 Å². The zero-order valence-electron chi connectivity index (χ0n) is 17.0. The number of hydrogen-bond donors (Lipinski definition) is 1. The summed E-state index contributed by atoms with van der Waals surface area (Å²) in [5.41, 5.74) is 0.927. The van der Waals surface area contributed by atoms with Gasteiger partial charge in [-0.3, -0.25) is 4.79 Å². The first-order valence-corrected chi connectivity index (χ1v) is 9.58. The molecule has 0 fully saturated rings. The Kier molecular flexibility index (Phi) is 8.46. The van der Waals surface area contributed by atoms with Gasteiger partial charge in [0.2, 0.25) is 0 Å². The monoisotopic (exact) mass is 387 g/mol. The predicted molar refractivity (Wildman–Crippen MR) is 108 cm³/mol. The van der Waals surface area contributed by atoms with Crippen molar-refractivity contribution in [3.63, 3.8) is 0 Å². The molecule has 0 spiro atoms. The Balaban J connectivity index is 1.99. The highest BCUT2D eigenvalue weighted by molar-refractivity contribution is 5.81. The minimum Gasteiger partial charge on any atom is -0.497 e. The molecule has 0 saturated heterocycles. The fraction of sp³-hybridized carbons (Fsp3) is 0.409. The van der Waals surface area contributed by atoms with Crippen LogP contribution in [0.1, 0.15) is 32.8 Å². The van der Waals surface area contributed by atoms with E-state index in [4.69, 9.17) is 18.9 Å². The van der Waals surface area contributed by atoms with Gasteiger partial charge in [0.05, 0.1) is 20.3 Å². The molecule has 2 aromatic rings. The van der Waals surface area contributed by atoms with Crippen molar-refractivity contribution in [3.05, 3.63) is 48.0 Å². The molecule has 0 unspecified atom stereocenters. The van der Waals surface area contributed by atoms with Crippen LogP contribution in [0.3, 0.4) is 0 Å². The third-order valence-electron chi connectivity index (χ3n) is 4.06. The number of carbonyl (C=O) groups excluding carboxylic acids is 1. The number of nitrogens with one attached hydrogen (secondary N) is 1. The van der Waals surface area contributed by atoms with Crippen LogP contribution in [0.4, 0.5) is 0 Å². The number of hydrogen-bond acceptors (Lipinski definition) is 5. The second kappa shape index (κ2) is 11.1. The predicted octanol–water partition coefficient (Wildman–Crippen LogP) is 3.97. The van der Waals surface area contributed by atoms with E-state index in [0.29, 0.717) is 49.2 Å². The minimum absolute atomic E-state index is 0.169. The molecule has 0 aliphatic carbocycles. The summed E-state index contributed by atoms with van der Waals surface area (Å²) < 4.78 is 22.2.